The van der Waals surface area contributed by atoms with Gasteiger partial charge in [-0.05, 0) is 84.4 Å². The predicted molar refractivity (Wildman–Crippen MR) is 106 cm³/mol. The molecule has 0 saturated carbocycles. The fourth-order valence-electron chi connectivity index (χ4n) is 2.98. The van der Waals surface area contributed by atoms with Crippen LogP contribution in [0.15, 0.2) is 53.4 Å². The van der Waals surface area contributed by atoms with E-state index in [-0.39, 0.29) is 24.3 Å². The molecule has 0 aromatic heterocycles. The molecule has 2 aromatic rings. The van der Waals surface area contributed by atoms with Gasteiger partial charge in [0.05, 0.1) is 12.5 Å². The number of carbonyl (C=O) groups is 1. The average molecular weight is 368 g/mol. The Labute approximate surface area is 157 Å². The largest absolute Gasteiger partial charge is 0.463 e. The number of ether oxygens (including phenoxy) is 1. The van der Waals surface area contributed by atoms with Crippen LogP contribution in [0, 0.1) is 5.82 Å². The van der Waals surface area contributed by atoms with E-state index in [0.717, 1.165) is 27.8 Å². The SMILES string of the molecule is CSc1ccc(/C=C2\C=C(CC(=O)OC(C)C)c3cc(F)ccc32)cc1. The molecule has 26 heavy (non-hydrogen) atoms. The van der Waals surface area contributed by atoms with Crippen LogP contribution in [0.5, 0.6) is 0 Å². The summed E-state index contributed by atoms with van der Waals surface area (Å²) in [5.41, 5.74) is 4.53. The second-order valence-corrected chi connectivity index (χ2v) is 7.33. The summed E-state index contributed by atoms with van der Waals surface area (Å²) < 4.78 is 19.0. The number of halogens is 1. The Morgan fingerprint density at radius 1 is 1.15 bits per heavy atom. The van der Waals surface area contributed by atoms with Crippen LogP contribution in [0.4, 0.5) is 4.39 Å². The third kappa shape index (κ3) is 4.25. The molecule has 4 heteroatoms. The molecule has 0 saturated heterocycles. The van der Waals surface area contributed by atoms with Crippen LogP contribution in [0.3, 0.4) is 0 Å². The Morgan fingerprint density at radius 2 is 1.88 bits per heavy atom. The van der Waals surface area contributed by atoms with Crippen molar-refractivity contribution in [2.24, 2.45) is 0 Å². The van der Waals surface area contributed by atoms with Crippen molar-refractivity contribution in [3.05, 3.63) is 71.0 Å². The van der Waals surface area contributed by atoms with Gasteiger partial charge in [-0.15, -0.1) is 11.8 Å². The summed E-state index contributed by atoms with van der Waals surface area (Å²) in [5.74, 6) is -0.607. The number of fused-ring (bicyclic) bond motifs is 1. The summed E-state index contributed by atoms with van der Waals surface area (Å²) in [6.45, 7) is 3.64. The molecule has 0 radical (unpaired) electrons. The normalized spacial score (nSPS) is 14.5. The molecule has 3 rings (SSSR count). The number of hydrogen-bond acceptors (Lipinski definition) is 3. The van der Waals surface area contributed by atoms with E-state index >= 15 is 0 Å². The first-order valence-electron chi connectivity index (χ1n) is 8.52. The van der Waals surface area contributed by atoms with E-state index in [4.69, 9.17) is 4.74 Å². The van der Waals surface area contributed by atoms with Crippen molar-refractivity contribution in [1.82, 2.24) is 0 Å². The van der Waals surface area contributed by atoms with Crippen molar-refractivity contribution in [1.29, 1.82) is 0 Å². The Hall–Kier alpha value is -2.33. The number of esters is 1. The van der Waals surface area contributed by atoms with Crippen molar-refractivity contribution >= 4 is 35.0 Å². The first-order valence-corrected chi connectivity index (χ1v) is 9.75. The highest BCUT2D eigenvalue weighted by Crippen LogP contribution is 2.38. The molecule has 2 aromatic carbocycles. The number of rotatable bonds is 5. The Bertz CT molecular complexity index is 880. The van der Waals surface area contributed by atoms with Gasteiger partial charge in [0.2, 0.25) is 0 Å². The van der Waals surface area contributed by atoms with Gasteiger partial charge in [0.25, 0.3) is 0 Å². The summed E-state index contributed by atoms with van der Waals surface area (Å²) in [6.07, 6.45) is 6.02. The van der Waals surface area contributed by atoms with Crippen molar-refractivity contribution in [2.75, 3.05) is 6.26 Å². The molecule has 0 bridgehead atoms. The van der Waals surface area contributed by atoms with E-state index in [1.165, 1.54) is 17.0 Å². The monoisotopic (exact) mass is 368 g/mol. The zero-order valence-electron chi connectivity index (χ0n) is 15.1. The summed E-state index contributed by atoms with van der Waals surface area (Å²) in [6, 6.07) is 13.0. The molecule has 0 heterocycles. The van der Waals surface area contributed by atoms with Crippen LogP contribution in [-0.2, 0) is 9.53 Å². The first kappa shape index (κ1) is 18.5. The highest BCUT2D eigenvalue weighted by atomic mass is 32.2. The van der Waals surface area contributed by atoms with Crippen LogP contribution in [0.25, 0.3) is 17.2 Å². The average Bonchev–Trinajstić information content (AvgIpc) is 2.91. The molecule has 0 N–H and O–H groups in total. The maximum Gasteiger partial charge on any atom is 0.310 e. The predicted octanol–water partition coefficient (Wildman–Crippen LogP) is 5.83. The third-order valence-electron chi connectivity index (χ3n) is 4.11. The van der Waals surface area contributed by atoms with E-state index in [0.29, 0.717) is 0 Å². The first-order chi connectivity index (χ1) is 12.5. The Morgan fingerprint density at radius 3 is 2.54 bits per heavy atom. The van der Waals surface area contributed by atoms with Gasteiger partial charge in [-0.2, -0.15) is 0 Å². The lowest BCUT2D eigenvalue weighted by Crippen LogP contribution is -2.11. The standard InChI is InChI=1S/C22H21FO2S/c1-14(2)25-22(24)12-17-11-16(20-9-6-18(23)13-21(17)20)10-15-4-7-19(26-3)8-5-15/h4-11,13-14H,12H2,1-3H3/b16-10+. The number of allylic oxidation sites excluding steroid dienone is 2. The van der Waals surface area contributed by atoms with Gasteiger partial charge in [0.1, 0.15) is 5.82 Å². The molecule has 134 valence electrons. The van der Waals surface area contributed by atoms with Gasteiger partial charge in [-0.25, -0.2) is 4.39 Å². The topological polar surface area (TPSA) is 26.3 Å². The van der Waals surface area contributed by atoms with Crippen molar-refractivity contribution in [3.63, 3.8) is 0 Å². The summed E-state index contributed by atoms with van der Waals surface area (Å²) in [4.78, 5) is 13.3. The Kier molecular flexibility index (Phi) is 5.62. The maximum atomic E-state index is 13.8. The molecule has 0 spiro atoms. The van der Waals surface area contributed by atoms with Gasteiger partial charge in [0, 0.05) is 4.90 Å². The fraction of sp³-hybridized carbons (Fsp3) is 0.227. The second kappa shape index (κ2) is 7.92. The van der Waals surface area contributed by atoms with Gasteiger partial charge in [0.15, 0.2) is 0 Å². The van der Waals surface area contributed by atoms with Crippen LogP contribution >= 0.6 is 11.8 Å². The van der Waals surface area contributed by atoms with Gasteiger partial charge in [-0.1, -0.05) is 18.2 Å². The molecular weight excluding hydrogens is 347 g/mol. The number of thioether (sulfide) groups is 1. The van der Waals surface area contributed by atoms with E-state index < -0.39 is 0 Å². The minimum absolute atomic E-state index is 0.136. The molecule has 0 atom stereocenters. The number of carbonyl (C=O) groups excluding carboxylic acids is 1. The smallest absolute Gasteiger partial charge is 0.310 e. The lowest BCUT2D eigenvalue weighted by atomic mass is 10.0. The van der Waals surface area contributed by atoms with Crippen molar-refractivity contribution in [2.45, 2.75) is 31.3 Å². The van der Waals surface area contributed by atoms with Crippen LogP contribution in [0.2, 0.25) is 0 Å². The van der Waals surface area contributed by atoms with Gasteiger partial charge in [-0.3, -0.25) is 4.79 Å². The quantitative estimate of drug-likeness (QED) is 0.491. The van der Waals surface area contributed by atoms with Crippen molar-refractivity contribution in [3.8, 4) is 0 Å². The highest BCUT2D eigenvalue weighted by molar-refractivity contribution is 7.98. The third-order valence-corrected chi connectivity index (χ3v) is 4.85. The molecular formula is C22H21FO2S. The Balaban J connectivity index is 1.95. The number of benzene rings is 2. The maximum absolute atomic E-state index is 13.8. The van der Waals surface area contributed by atoms with Gasteiger partial charge < -0.3 is 4.74 Å². The minimum atomic E-state index is -0.308. The molecule has 0 unspecified atom stereocenters. The molecule has 0 aliphatic heterocycles. The summed E-state index contributed by atoms with van der Waals surface area (Å²) >= 11 is 1.70. The molecule has 2 nitrogen and oxygen atoms in total. The van der Waals surface area contributed by atoms with E-state index in [1.807, 2.05) is 26.2 Å². The van der Waals surface area contributed by atoms with Gasteiger partial charge >= 0.3 is 5.97 Å². The second-order valence-electron chi connectivity index (χ2n) is 6.45. The fourth-order valence-corrected chi connectivity index (χ4v) is 3.39. The van der Waals surface area contributed by atoms with Crippen LogP contribution in [0.1, 0.15) is 37.0 Å². The highest BCUT2D eigenvalue weighted by Gasteiger charge is 2.22. The zero-order chi connectivity index (χ0) is 18.7. The molecule has 1 aliphatic rings. The molecule has 0 amide bonds. The summed E-state index contributed by atoms with van der Waals surface area (Å²) in [7, 11) is 0. The van der Waals surface area contributed by atoms with Crippen LogP contribution < -0.4 is 0 Å². The lowest BCUT2D eigenvalue weighted by molar-refractivity contribution is -0.146. The minimum Gasteiger partial charge on any atom is -0.463 e. The number of hydrogen-bond donors (Lipinski definition) is 0. The molecule has 0 fully saturated rings. The zero-order valence-corrected chi connectivity index (χ0v) is 15.9. The van der Waals surface area contributed by atoms with E-state index in [9.17, 15) is 9.18 Å². The van der Waals surface area contributed by atoms with Crippen molar-refractivity contribution < 1.29 is 13.9 Å². The van der Waals surface area contributed by atoms with E-state index in [1.54, 1.807) is 17.8 Å². The molecule has 1 aliphatic carbocycles. The lowest BCUT2D eigenvalue weighted by Gasteiger charge is -2.09. The summed E-state index contributed by atoms with van der Waals surface area (Å²) in [5, 5.41) is 0. The van der Waals surface area contributed by atoms with E-state index in [2.05, 4.69) is 30.3 Å². The van der Waals surface area contributed by atoms with Crippen LogP contribution in [-0.4, -0.2) is 18.3 Å².